The quantitative estimate of drug-likeness (QED) is 0.545. The van der Waals surface area contributed by atoms with E-state index in [2.05, 4.69) is 83.2 Å². The summed E-state index contributed by atoms with van der Waals surface area (Å²) in [5.41, 5.74) is 6.99. The molecule has 0 bridgehead atoms. The summed E-state index contributed by atoms with van der Waals surface area (Å²) in [5, 5.41) is 0. The van der Waals surface area contributed by atoms with Gasteiger partial charge in [-0.1, -0.05) is 83.2 Å². The van der Waals surface area contributed by atoms with E-state index < -0.39 is 0 Å². The largest absolute Gasteiger partial charge is 0.489 e. The molecule has 2 heteroatoms. The Balaban J connectivity index is 1.60. The molecule has 30 heavy (non-hydrogen) atoms. The minimum absolute atomic E-state index is 0.131. The second-order valence-corrected chi connectivity index (χ2v) is 10.1. The average Bonchev–Trinajstić information content (AvgIpc) is 3.11. The van der Waals surface area contributed by atoms with Crippen molar-refractivity contribution in [2.24, 2.45) is 11.8 Å². The van der Waals surface area contributed by atoms with Crippen molar-refractivity contribution >= 4 is 0 Å². The summed E-state index contributed by atoms with van der Waals surface area (Å²) in [6.45, 7) is 11.4. The molecule has 0 spiro atoms. The van der Waals surface area contributed by atoms with Gasteiger partial charge < -0.3 is 9.47 Å². The van der Waals surface area contributed by atoms with Crippen molar-refractivity contribution in [2.45, 2.75) is 71.5 Å². The van der Waals surface area contributed by atoms with Gasteiger partial charge in [0.25, 0.3) is 0 Å². The molecular weight excluding hydrogens is 368 g/mol. The zero-order chi connectivity index (χ0) is 21.5. The summed E-state index contributed by atoms with van der Waals surface area (Å²) in [6, 6.07) is 9.06. The van der Waals surface area contributed by atoms with E-state index in [9.17, 15) is 0 Å². The predicted octanol–water partition coefficient (Wildman–Crippen LogP) is 6.68. The van der Waals surface area contributed by atoms with Gasteiger partial charge in [0.2, 0.25) is 0 Å². The van der Waals surface area contributed by atoms with Crippen molar-refractivity contribution in [1.29, 1.82) is 0 Å². The van der Waals surface area contributed by atoms with Crippen LogP contribution in [0.1, 0.15) is 58.6 Å². The number of allylic oxidation sites excluding steroid dienone is 4. The van der Waals surface area contributed by atoms with E-state index in [4.69, 9.17) is 9.47 Å². The molecule has 4 atom stereocenters. The van der Waals surface area contributed by atoms with Crippen LogP contribution >= 0.6 is 0 Å². The SMILES string of the molecule is COC(Cc1ccc(C(C)(C)C)cc1)C(C)C1=C2C3=C(OC2CC=C1)C(C)CC=C3. The maximum absolute atomic E-state index is 6.42. The number of ether oxygens (including phenoxy) is 2. The third-order valence-electron chi connectivity index (χ3n) is 6.93. The van der Waals surface area contributed by atoms with Crippen molar-refractivity contribution in [3.8, 4) is 0 Å². The number of fused-ring (bicyclic) bond motifs is 2. The smallest absolute Gasteiger partial charge is 0.128 e. The fourth-order valence-electron chi connectivity index (χ4n) is 4.98. The third kappa shape index (κ3) is 3.95. The molecule has 160 valence electrons. The molecule has 0 N–H and O–H groups in total. The minimum atomic E-state index is 0.131. The Morgan fingerprint density at radius 3 is 2.43 bits per heavy atom. The fraction of sp³-hybridized carbons (Fsp3) is 0.500. The molecule has 1 aromatic rings. The van der Waals surface area contributed by atoms with E-state index in [0.717, 1.165) is 19.3 Å². The molecule has 1 aliphatic heterocycles. The summed E-state index contributed by atoms with van der Waals surface area (Å²) < 4.78 is 12.4. The van der Waals surface area contributed by atoms with Gasteiger partial charge in [0.1, 0.15) is 11.9 Å². The van der Waals surface area contributed by atoms with Gasteiger partial charge in [-0.05, 0) is 35.0 Å². The maximum atomic E-state index is 6.42. The first kappa shape index (κ1) is 21.2. The first-order valence-corrected chi connectivity index (χ1v) is 11.4. The normalized spacial score (nSPS) is 25.1. The van der Waals surface area contributed by atoms with Crippen molar-refractivity contribution in [1.82, 2.24) is 0 Å². The number of rotatable bonds is 5. The molecule has 0 amide bonds. The molecule has 2 nitrogen and oxygen atoms in total. The standard InChI is InChI=1S/C28H36O2/c1-18-9-7-11-23-26-22(10-8-12-24(26)30-27(18)23)19(2)25(29-6)17-20-13-15-21(16-14-20)28(3,4)5/h7-8,10-11,13-16,18-19,24-25H,9,12,17H2,1-6H3. The summed E-state index contributed by atoms with van der Waals surface area (Å²) in [6.07, 6.45) is 12.4. The second-order valence-electron chi connectivity index (χ2n) is 10.1. The molecular formula is C28H36O2. The average molecular weight is 405 g/mol. The van der Waals surface area contributed by atoms with Gasteiger partial charge in [0.15, 0.2) is 0 Å². The lowest BCUT2D eigenvalue weighted by Gasteiger charge is -2.29. The number of hydrogen-bond acceptors (Lipinski definition) is 2. The van der Waals surface area contributed by atoms with Gasteiger partial charge in [-0.2, -0.15) is 0 Å². The molecule has 4 rings (SSSR count). The molecule has 0 saturated heterocycles. The summed E-state index contributed by atoms with van der Waals surface area (Å²) in [5.74, 6) is 1.96. The molecule has 0 saturated carbocycles. The van der Waals surface area contributed by atoms with E-state index in [1.807, 2.05) is 7.11 Å². The van der Waals surface area contributed by atoms with Crippen LogP contribution in [-0.4, -0.2) is 19.3 Å². The van der Waals surface area contributed by atoms with Gasteiger partial charge >= 0.3 is 0 Å². The van der Waals surface area contributed by atoms with Crippen LogP contribution in [0.3, 0.4) is 0 Å². The van der Waals surface area contributed by atoms with Crippen molar-refractivity contribution in [3.05, 3.63) is 82.2 Å². The van der Waals surface area contributed by atoms with Crippen LogP contribution in [-0.2, 0) is 21.3 Å². The van der Waals surface area contributed by atoms with Crippen LogP contribution in [0.25, 0.3) is 0 Å². The molecule has 1 aromatic carbocycles. The fourth-order valence-corrected chi connectivity index (χ4v) is 4.98. The van der Waals surface area contributed by atoms with Crippen molar-refractivity contribution < 1.29 is 9.47 Å². The van der Waals surface area contributed by atoms with Crippen LogP contribution in [0.5, 0.6) is 0 Å². The van der Waals surface area contributed by atoms with Crippen LogP contribution in [0.2, 0.25) is 0 Å². The molecule has 2 aliphatic carbocycles. The molecule has 3 aliphatic rings. The highest BCUT2D eigenvalue weighted by molar-refractivity contribution is 5.56. The first-order chi connectivity index (χ1) is 14.3. The summed E-state index contributed by atoms with van der Waals surface area (Å²) >= 11 is 0. The highest BCUT2D eigenvalue weighted by Crippen LogP contribution is 2.45. The van der Waals surface area contributed by atoms with Crippen molar-refractivity contribution in [3.63, 3.8) is 0 Å². The highest BCUT2D eigenvalue weighted by Gasteiger charge is 2.38. The number of hydrogen-bond donors (Lipinski definition) is 0. The lowest BCUT2D eigenvalue weighted by molar-refractivity contribution is 0.0707. The highest BCUT2D eigenvalue weighted by atomic mass is 16.5. The molecule has 4 unspecified atom stereocenters. The van der Waals surface area contributed by atoms with E-state index in [1.165, 1.54) is 33.6 Å². The number of benzene rings is 1. The van der Waals surface area contributed by atoms with Crippen LogP contribution in [0, 0.1) is 11.8 Å². The van der Waals surface area contributed by atoms with Gasteiger partial charge in [-0.3, -0.25) is 0 Å². The molecule has 0 aromatic heterocycles. The van der Waals surface area contributed by atoms with Gasteiger partial charge in [-0.25, -0.2) is 0 Å². The molecule has 0 radical (unpaired) electrons. The Kier molecular flexibility index (Phi) is 5.81. The second kappa shape index (κ2) is 8.23. The first-order valence-electron chi connectivity index (χ1n) is 11.4. The number of methoxy groups -OCH3 is 1. The van der Waals surface area contributed by atoms with E-state index in [0.29, 0.717) is 11.8 Å². The topological polar surface area (TPSA) is 18.5 Å². The zero-order valence-electron chi connectivity index (χ0n) is 19.4. The van der Waals surface area contributed by atoms with Gasteiger partial charge in [0.05, 0.1) is 6.10 Å². The molecule has 1 heterocycles. The Hall–Kier alpha value is -2.06. The lowest BCUT2D eigenvalue weighted by atomic mass is 9.79. The summed E-state index contributed by atoms with van der Waals surface area (Å²) in [7, 11) is 1.85. The monoisotopic (exact) mass is 404 g/mol. The predicted molar refractivity (Wildman–Crippen MR) is 124 cm³/mol. The van der Waals surface area contributed by atoms with Crippen molar-refractivity contribution in [2.75, 3.05) is 7.11 Å². The molecule has 0 fully saturated rings. The Morgan fingerprint density at radius 1 is 1.07 bits per heavy atom. The van der Waals surface area contributed by atoms with Gasteiger partial charge in [-0.15, -0.1) is 0 Å². The maximum Gasteiger partial charge on any atom is 0.128 e. The van der Waals surface area contributed by atoms with Crippen LogP contribution < -0.4 is 0 Å². The minimum Gasteiger partial charge on any atom is -0.489 e. The Labute approximate surface area is 182 Å². The third-order valence-corrected chi connectivity index (χ3v) is 6.93. The Bertz CT molecular complexity index is 905. The van der Waals surface area contributed by atoms with Gasteiger partial charge in [0, 0.05) is 36.5 Å². The van der Waals surface area contributed by atoms with Crippen LogP contribution in [0.4, 0.5) is 0 Å². The van der Waals surface area contributed by atoms with E-state index in [-0.39, 0.29) is 17.6 Å². The van der Waals surface area contributed by atoms with E-state index >= 15 is 0 Å². The lowest BCUT2D eigenvalue weighted by Crippen LogP contribution is -2.27. The zero-order valence-corrected chi connectivity index (χ0v) is 19.4. The Morgan fingerprint density at radius 2 is 1.77 bits per heavy atom. The summed E-state index contributed by atoms with van der Waals surface area (Å²) in [4.78, 5) is 0. The van der Waals surface area contributed by atoms with Crippen LogP contribution in [0.15, 0.2) is 71.0 Å². The van der Waals surface area contributed by atoms with E-state index in [1.54, 1.807) is 0 Å².